The van der Waals surface area contributed by atoms with Crippen molar-refractivity contribution in [3.63, 3.8) is 0 Å². The Kier molecular flexibility index (Phi) is 8.08. The van der Waals surface area contributed by atoms with Gasteiger partial charge in [0.2, 0.25) is 0 Å². The predicted molar refractivity (Wildman–Crippen MR) is 79.1 cm³/mol. The molecule has 0 aromatic heterocycles. The quantitative estimate of drug-likeness (QED) is 0.624. The molecular weight excluding hydrogens is 263 g/mol. The highest BCUT2D eigenvalue weighted by atomic mass is 35.5. The number of aliphatic hydroxyl groups is 1. The molecule has 1 aromatic rings. The zero-order valence-corrected chi connectivity index (χ0v) is 12.4. The smallest absolute Gasteiger partial charge is 0.142 e. The van der Waals surface area contributed by atoms with Gasteiger partial charge in [-0.3, -0.25) is 0 Å². The van der Waals surface area contributed by atoms with Gasteiger partial charge in [0, 0.05) is 0 Å². The monoisotopic (exact) mass is 286 g/mol. The summed E-state index contributed by atoms with van der Waals surface area (Å²) in [6.45, 7) is 2.20. The first kappa shape index (κ1) is 16.5. The molecule has 1 atom stereocenters. The number of rotatable bonds is 9. The summed E-state index contributed by atoms with van der Waals surface area (Å²) in [7, 11) is 0. The molecule has 1 nitrogen and oxygen atoms in total. The van der Waals surface area contributed by atoms with Crippen LogP contribution in [0.5, 0.6) is 0 Å². The Morgan fingerprint density at radius 1 is 1.16 bits per heavy atom. The van der Waals surface area contributed by atoms with Crippen LogP contribution >= 0.6 is 11.6 Å². The van der Waals surface area contributed by atoms with E-state index < -0.39 is 11.9 Å². The molecule has 0 saturated carbocycles. The Morgan fingerprint density at radius 2 is 1.84 bits per heavy atom. The standard InChI is InChI=1S/C16H24ClFO/c1-2-3-4-5-6-7-10-14(19)12-13-9-8-11-15(18)16(13)17/h8-9,11,14,19H,2-7,10,12H2,1H3. The minimum Gasteiger partial charge on any atom is -0.393 e. The van der Waals surface area contributed by atoms with Crippen molar-refractivity contribution in [1.29, 1.82) is 0 Å². The SMILES string of the molecule is CCCCCCCCC(O)Cc1cccc(F)c1Cl. The van der Waals surface area contributed by atoms with Crippen LogP contribution in [0.25, 0.3) is 0 Å². The molecule has 0 aliphatic heterocycles. The van der Waals surface area contributed by atoms with Crippen LogP contribution in [-0.2, 0) is 6.42 Å². The average molecular weight is 287 g/mol. The minimum atomic E-state index is -0.425. The van der Waals surface area contributed by atoms with E-state index in [1.54, 1.807) is 12.1 Å². The molecule has 1 N–H and O–H groups in total. The van der Waals surface area contributed by atoms with E-state index in [0.717, 1.165) is 19.3 Å². The molecule has 3 heteroatoms. The highest BCUT2D eigenvalue weighted by Crippen LogP contribution is 2.22. The van der Waals surface area contributed by atoms with E-state index in [4.69, 9.17) is 11.6 Å². The second kappa shape index (κ2) is 9.33. The van der Waals surface area contributed by atoms with E-state index in [2.05, 4.69) is 6.92 Å². The molecule has 0 radical (unpaired) electrons. The van der Waals surface area contributed by atoms with Gasteiger partial charge in [-0.2, -0.15) is 0 Å². The first-order valence-electron chi connectivity index (χ1n) is 7.26. The first-order chi connectivity index (χ1) is 9.15. The Hall–Kier alpha value is -0.600. The van der Waals surface area contributed by atoms with Crippen molar-refractivity contribution >= 4 is 11.6 Å². The van der Waals surface area contributed by atoms with Gasteiger partial charge in [-0.1, -0.05) is 69.2 Å². The number of unbranched alkanes of at least 4 members (excludes halogenated alkanes) is 5. The summed E-state index contributed by atoms with van der Waals surface area (Å²) in [5.41, 5.74) is 0.695. The highest BCUT2D eigenvalue weighted by molar-refractivity contribution is 6.31. The number of hydrogen-bond acceptors (Lipinski definition) is 1. The number of halogens is 2. The fourth-order valence-electron chi connectivity index (χ4n) is 2.22. The van der Waals surface area contributed by atoms with Crippen LogP contribution < -0.4 is 0 Å². The third-order valence-corrected chi connectivity index (χ3v) is 3.80. The van der Waals surface area contributed by atoms with Gasteiger partial charge in [0.1, 0.15) is 5.82 Å². The fraction of sp³-hybridized carbons (Fsp3) is 0.625. The molecule has 108 valence electrons. The average Bonchev–Trinajstić information content (AvgIpc) is 2.39. The van der Waals surface area contributed by atoms with Crippen molar-refractivity contribution < 1.29 is 9.50 Å². The molecule has 0 aliphatic carbocycles. The molecule has 1 aromatic carbocycles. The third kappa shape index (κ3) is 6.40. The van der Waals surface area contributed by atoms with E-state index in [1.807, 2.05) is 0 Å². The Labute approximate surface area is 120 Å². The summed E-state index contributed by atoms with van der Waals surface area (Å²) in [6.07, 6.45) is 8.02. The summed E-state index contributed by atoms with van der Waals surface area (Å²) in [5.74, 6) is -0.411. The van der Waals surface area contributed by atoms with Gasteiger partial charge < -0.3 is 5.11 Å². The summed E-state index contributed by atoms with van der Waals surface area (Å²) in [6, 6.07) is 4.75. The van der Waals surface area contributed by atoms with Crippen LogP contribution in [0, 0.1) is 5.82 Å². The summed E-state index contributed by atoms with van der Waals surface area (Å²) in [5, 5.41) is 10.1. The maximum absolute atomic E-state index is 13.2. The van der Waals surface area contributed by atoms with E-state index >= 15 is 0 Å². The highest BCUT2D eigenvalue weighted by Gasteiger charge is 2.10. The molecule has 0 spiro atoms. The summed E-state index contributed by atoms with van der Waals surface area (Å²) >= 11 is 5.87. The van der Waals surface area contributed by atoms with Crippen LogP contribution in [0.1, 0.15) is 57.4 Å². The number of benzene rings is 1. The second-order valence-electron chi connectivity index (χ2n) is 5.13. The molecular formula is C16H24ClFO. The topological polar surface area (TPSA) is 20.2 Å². The maximum atomic E-state index is 13.2. The predicted octanol–water partition coefficient (Wildman–Crippen LogP) is 5.13. The number of hydrogen-bond donors (Lipinski definition) is 1. The van der Waals surface area contributed by atoms with E-state index in [-0.39, 0.29) is 5.02 Å². The van der Waals surface area contributed by atoms with Crippen molar-refractivity contribution in [3.05, 3.63) is 34.6 Å². The van der Waals surface area contributed by atoms with Gasteiger partial charge in [-0.25, -0.2) is 4.39 Å². The second-order valence-corrected chi connectivity index (χ2v) is 5.51. The van der Waals surface area contributed by atoms with Gasteiger partial charge >= 0.3 is 0 Å². The fourth-order valence-corrected chi connectivity index (χ4v) is 2.43. The van der Waals surface area contributed by atoms with E-state index in [1.165, 1.54) is 31.7 Å². The Balaban J connectivity index is 2.23. The first-order valence-corrected chi connectivity index (χ1v) is 7.64. The van der Waals surface area contributed by atoms with Crippen LogP contribution in [0.3, 0.4) is 0 Å². The zero-order chi connectivity index (χ0) is 14.1. The molecule has 0 fully saturated rings. The lowest BCUT2D eigenvalue weighted by atomic mass is 10.0. The van der Waals surface area contributed by atoms with Crippen LogP contribution in [0.4, 0.5) is 4.39 Å². The van der Waals surface area contributed by atoms with Crippen molar-refractivity contribution in [3.8, 4) is 0 Å². The van der Waals surface area contributed by atoms with Crippen LogP contribution in [0.2, 0.25) is 5.02 Å². The summed E-state index contributed by atoms with van der Waals surface area (Å²) in [4.78, 5) is 0. The lowest BCUT2D eigenvalue weighted by molar-refractivity contribution is 0.161. The third-order valence-electron chi connectivity index (χ3n) is 3.38. The number of aliphatic hydroxyl groups excluding tert-OH is 1. The molecule has 1 unspecified atom stereocenters. The van der Waals surface area contributed by atoms with Crippen molar-refractivity contribution in [2.75, 3.05) is 0 Å². The van der Waals surface area contributed by atoms with Gasteiger partial charge in [0.15, 0.2) is 0 Å². The van der Waals surface area contributed by atoms with Crippen molar-refractivity contribution in [2.24, 2.45) is 0 Å². The van der Waals surface area contributed by atoms with Crippen LogP contribution in [-0.4, -0.2) is 11.2 Å². The lowest BCUT2D eigenvalue weighted by Gasteiger charge is -2.12. The molecule has 1 rings (SSSR count). The molecule has 0 bridgehead atoms. The molecule has 0 amide bonds. The minimum absolute atomic E-state index is 0.143. The van der Waals surface area contributed by atoms with Crippen molar-refractivity contribution in [1.82, 2.24) is 0 Å². The Bertz CT molecular complexity index is 368. The van der Waals surface area contributed by atoms with Gasteiger partial charge in [0.25, 0.3) is 0 Å². The normalized spacial score (nSPS) is 12.6. The largest absolute Gasteiger partial charge is 0.393 e. The lowest BCUT2D eigenvalue weighted by Crippen LogP contribution is -2.11. The van der Waals surface area contributed by atoms with Gasteiger partial charge in [-0.15, -0.1) is 0 Å². The van der Waals surface area contributed by atoms with E-state index in [9.17, 15) is 9.50 Å². The zero-order valence-electron chi connectivity index (χ0n) is 11.7. The van der Waals surface area contributed by atoms with E-state index in [0.29, 0.717) is 12.0 Å². The molecule has 19 heavy (non-hydrogen) atoms. The molecule has 0 saturated heterocycles. The van der Waals surface area contributed by atoms with Crippen molar-refractivity contribution in [2.45, 2.75) is 64.4 Å². The Morgan fingerprint density at radius 3 is 2.58 bits per heavy atom. The van der Waals surface area contributed by atoms with Gasteiger partial charge in [0.05, 0.1) is 11.1 Å². The van der Waals surface area contributed by atoms with Gasteiger partial charge in [-0.05, 0) is 24.5 Å². The summed E-state index contributed by atoms with van der Waals surface area (Å²) < 4.78 is 13.2. The molecule has 0 heterocycles. The molecule has 0 aliphatic rings. The maximum Gasteiger partial charge on any atom is 0.142 e. The van der Waals surface area contributed by atoms with Crippen LogP contribution in [0.15, 0.2) is 18.2 Å².